The molecule has 5 heteroatoms. The van der Waals surface area contributed by atoms with E-state index in [0.717, 1.165) is 0 Å². The van der Waals surface area contributed by atoms with E-state index >= 15 is 0 Å². The Labute approximate surface area is 88.6 Å². The van der Waals surface area contributed by atoms with E-state index in [4.69, 9.17) is 4.55 Å². The first-order chi connectivity index (χ1) is 7.11. The van der Waals surface area contributed by atoms with Gasteiger partial charge in [0, 0.05) is 17.5 Å². The van der Waals surface area contributed by atoms with Crippen LogP contribution in [0.25, 0.3) is 0 Å². The molecule has 2 rings (SSSR count). The van der Waals surface area contributed by atoms with E-state index in [2.05, 4.69) is 0 Å². The molecule has 0 heterocycles. The van der Waals surface area contributed by atoms with Gasteiger partial charge in [-0.1, -0.05) is 18.2 Å². The molecule has 15 heavy (non-hydrogen) atoms. The average Bonchev–Trinajstić information content (AvgIpc) is 2.59. The summed E-state index contributed by atoms with van der Waals surface area (Å²) in [5.74, 6) is -0.0252. The normalized spacial score (nSPS) is 18.7. The third kappa shape index (κ3) is 1.72. The van der Waals surface area contributed by atoms with Crippen LogP contribution in [0.3, 0.4) is 0 Å². The number of hydrogen-bond donors (Lipinski definition) is 1. The van der Waals surface area contributed by atoms with Crippen molar-refractivity contribution in [2.75, 3.05) is 0 Å². The molecule has 0 bridgehead atoms. The minimum atomic E-state index is -2.54. The number of halogens is 1. The van der Waals surface area contributed by atoms with Gasteiger partial charge in [-0.25, -0.2) is 8.60 Å². The van der Waals surface area contributed by atoms with Gasteiger partial charge in [-0.15, -0.1) is 0 Å². The molecule has 1 N–H and O–H groups in total. The number of Topliss-reactive ketones (excluding diaryl/α,β-unsaturated/α-hetero) is 1. The third-order valence-electron chi connectivity index (χ3n) is 2.54. The maximum absolute atomic E-state index is 13.4. The highest BCUT2D eigenvalue weighted by atomic mass is 32.2. The van der Waals surface area contributed by atoms with Gasteiger partial charge in [-0.3, -0.25) is 4.79 Å². The summed E-state index contributed by atoms with van der Waals surface area (Å²) < 4.78 is 32.7. The van der Waals surface area contributed by atoms with Gasteiger partial charge in [0.05, 0.1) is 0 Å². The molecule has 3 nitrogen and oxygen atoms in total. The molecule has 1 aliphatic rings. The molecule has 0 aliphatic heterocycles. The Bertz CT molecular complexity index is 444. The first-order valence-corrected chi connectivity index (χ1v) is 5.67. The van der Waals surface area contributed by atoms with Crippen LogP contribution in [-0.2, 0) is 17.5 Å². The summed E-state index contributed by atoms with van der Waals surface area (Å²) in [7, 11) is 0. The second kappa shape index (κ2) is 3.83. The lowest BCUT2D eigenvalue weighted by Crippen LogP contribution is -2.03. The van der Waals surface area contributed by atoms with Crippen LogP contribution in [0.4, 0.5) is 4.39 Å². The Morgan fingerprint density at radius 1 is 1.40 bits per heavy atom. The summed E-state index contributed by atoms with van der Waals surface area (Å²) in [6, 6.07) is 4.62. The molecule has 1 aromatic carbocycles. The van der Waals surface area contributed by atoms with E-state index in [1.54, 1.807) is 6.07 Å². The molecule has 1 aromatic rings. The lowest BCUT2D eigenvalue weighted by molar-refractivity contribution is 0.0994. The number of hydrogen-bond acceptors (Lipinski definition) is 2. The minimum Gasteiger partial charge on any atom is -0.304 e. The predicted molar refractivity (Wildman–Crippen MR) is 53.7 cm³/mol. The van der Waals surface area contributed by atoms with Crippen LogP contribution in [0.5, 0.6) is 0 Å². The smallest absolute Gasteiger partial charge is 0.225 e. The molecule has 0 fully saturated rings. The minimum absolute atomic E-state index is 0.0252. The molecule has 0 saturated carbocycles. The fourth-order valence-electron chi connectivity index (χ4n) is 1.84. The lowest BCUT2D eigenvalue weighted by atomic mass is 10.0. The fraction of sp³-hybridized carbons (Fsp3) is 0.300. The number of carbonyl (C=O) groups excluding carboxylic acids is 1. The molecule has 80 valence electrons. The van der Waals surface area contributed by atoms with Crippen molar-refractivity contribution in [3.8, 4) is 0 Å². The van der Waals surface area contributed by atoms with Gasteiger partial charge in [0.2, 0.25) is 5.50 Å². The summed E-state index contributed by atoms with van der Waals surface area (Å²) in [4.78, 5) is 11.3. The zero-order valence-electron chi connectivity index (χ0n) is 7.77. The first-order valence-electron chi connectivity index (χ1n) is 4.50. The molecular formula is C10H9FO3S. The number of rotatable bonds is 2. The van der Waals surface area contributed by atoms with Crippen molar-refractivity contribution in [1.29, 1.82) is 0 Å². The maximum atomic E-state index is 13.4. The van der Waals surface area contributed by atoms with Crippen molar-refractivity contribution in [2.45, 2.75) is 18.3 Å². The molecule has 0 aromatic heterocycles. The Morgan fingerprint density at radius 3 is 2.80 bits per heavy atom. The quantitative estimate of drug-likeness (QED) is 0.788. The van der Waals surface area contributed by atoms with Gasteiger partial charge >= 0.3 is 0 Å². The summed E-state index contributed by atoms with van der Waals surface area (Å²) in [6.45, 7) is 0. The topological polar surface area (TPSA) is 54.4 Å². The van der Waals surface area contributed by atoms with Gasteiger partial charge < -0.3 is 4.55 Å². The molecule has 0 spiro atoms. The third-order valence-corrected chi connectivity index (χ3v) is 3.14. The largest absolute Gasteiger partial charge is 0.304 e. The Morgan fingerprint density at radius 2 is 2.13 bits per heavy atom. The molecular weight excluding hydrogens is 219 g/mol. The second-order valence-electron chi connectivity index (χ2n) is 3.39. The van der Waals surface area contributed by atoms with Crippen LogP contribution in [0, 0.1) is 0 Å². The number of ketones is 1. The summed E-state index contributed by atoms with van der Waals surface area (Å²) >= 11 is -2.54. The van der Waals surface area contributed by atoms with Crippen LogP contribution in [-0.4, -0.2) is 14.5 Å². The van der Waals surface area contributed by atoms with Gasteiger partial charge in [0.25, 0.3) is 0 Å². The van der Waals surface area contributed by atoms with E-state index in [1.807, 2.05) is 0 Å². The summed E-state index contributed by atoms with van der Waals surface area (Å²) in [5.41, 5.74) is -0.692. The SMILES string of the molecule is O=C1CCc2c1cccc2C(F)S(=O)O. The van der Waals surface area contributed by atoms with Crippen LogP contribution in [0.15, 0.2) is 18.2 Å². The highest BCUT2D eigenvalue weighted by Gasteiger charge is 2.27. The highest BCUT2D eigenvalue weighted by Crippen LogP contribution is 2.31. The zero-order valence-corrected chi connectivity index (χ0v) is 8.59. The average molecular weight is 228 g/mol. The van der Waals surface area contributed by atoms with Gasteiger partial charge in [-0.2, -0.15) is 0 Å². The van der Waals surface area contributed by atoms with Crippen LogP contribution in [0.2, 0.25) is 0 Å². The first kappa shape index (κ1) is 10.4. The highest BCUT2D eigenvalue weighted by molar-refractivity contribution is 7.79. The van der Waals surface area contributed by atoms with Gasteiger partial charge in [-0.05, 0) is 12.0 Å². The molecule has 0 radical (unpaired) electrons. The van der Waals surface area contributed by atoms with Crippen LogP contribution < -0.4 is 0 Å². The molecule has 2 unspecified atom stereocenters. The molecule has 0 saturated heterocycles. The zero-order chi connectivity index (χ0) is 11.0. The Balaban J connectivity index is 2.51. The van der Waals surface area contributed by atoms with E-state index in [0.29, 0.717) is 24.0 Å². The fourth-order valence-corrected chi connectivity index (χ4v) is 2.28. The predicted octanol–water partition coefficient (Wildman–Crippen LogP) is 2.01. The van der Waals surface area contributed by atoms with Crippen molar-refractivity contribution >= 4 is 16.9 Å². The van der Waals surface area contributed by atoms with E-state index in [-0.39, 0.29) is 11.3 Å². The standard InChI is InChI=1S/C10H9FO3S/c11-10(15(13)14)8-3-1-2-7-6(8)4-5-9(7)12/h1-3,10H,4-5H2,(H,13,14). The van der Waals surface area contributed by atoms with E-state index in [1.165, 1.54) is 12.1 Å². The molecule has 1 aliphatic carbocycles. The number of benzene rings is 1. The molecule has 0 amide bonds. The van der Waals surface area contributed by atoms with Gasteiger partial charge in [0.1, 0.15) is 0 Å². The van der Waals surface area contributed by atoms with Crippen molar-refractivity contribution in [1.82, 2.24) is 0 Å². The molecule has 2 atom stereocenters. The summed E-state index contributed by atoms with van der Waals surface area (Å²) in [5, 5.41) is 0. The monoisotopic (exact) mass is 228 g/mol. The van der Waals surface area contributed by atoms with E-state index < -0.39 is 16.6 Å². The van der Waals surface area contributed by atoms with Crippen LogP contribution in [0.1, 0.15) is 33.4 Å². The Hall–Kier alpha value is -1.07. The van der Waals surface area contributed by atoms with Crippen molar-refractivity contribution < 1.29 is 17.9 Å². The summed E-state index contributed by atoms with van der Waals surface area (Å²) in [6.07, 6.45) is 0.819. The van der Waals surface area contributed by atoms with Crippen molar-refractivity contribution in [3.05, 3.63) is 34.9 Å². The van der Waals surface area contributed by atoms with Crippen molar-refractivity contribution in [3.63, 3.8) is 0 Å². The number of fused-ring (bicyclic) bond motifs is 1. The van der Waals surface area contributed by atoms with E-state index in [9.17, 15) is 13.4 Å². The van der Waals surface area contributed by atoms with Crippen molar-refractivity contribution in [2.24, 2.45) is 0 Å². The number of carbonyl (C=O) groups is 1. The van der Waals surface area contributed by atoms with Crippen LogP contribution >= 0.6 is 0 Å². The lowest BCUT2D eigenvalue weighted by Gasteiger charge is -2.08. The maximum Gasteiger partial charge on any atom is 0.225 e. The van der Waals surface area contributed by atoms with Gasteiger partial charge in [0.15, 0.2) is 16.9 Å². The number of alkyl halides is 1. The Kier molecular flexibility index (Phi) is 2.67. The second-order valence-corrected chi connectivity index (χ2v) is 4.35.